The molecule has 1 aromatic carbocycles. The first-order valence-electron chi connectivity index (χ1n) is 6.98. The van der Waals surface area contributed by atoms with E-state index in [2.05, 4.69) is 19.0 Å². The molecule has 1 aliphatic carbocycles. The number of hydrogen-bond acceptors (Lipinski definition) is 3. The lowest BCUT2D eigenvalue weighted by Gasteiger charge is -2.35. The Morgan fingerprint density at radius 1 is 1.16 bits per heavy atom. The Morgan fingerprint density at radius 2 is 1.79 bits per heavy atom. The van der Waals surface area contributed by atoms with Gasteiger partial charge in [-0.15, -0.1) is 0 Å². The normalized spacial score (nSPS) is 23.4. The Hall–Kier alpha value is -1.35. The van der Waals surface area contributed by atoms with Gasteiger partial charge < -0.3 is 9.64 Å². The second-order valence-electron chi connectivity index (χ2n) is 5.51. The van der Waals surface area contributed by atoms with Gasteiger partial charge in [-0.1, -0.05) is 12.8 Å². The van der Waals surface area contributed by atoms with Crippen molar-refractivity contribution in [2.24, 2.45) is 5.92 Å². The second kappa shape index (κ2) is 6.20. The third-order valence-electron chi connectivity index (χ3n) is 4.10. The number of carbonyl (C=O) groups excluding carboxylic acids is 1. The first kappa shape index (κ1) is 14.1. The molecule has 1 aliphatic rings. The molecule has 0 heterocycles. The van der Waals surface area contributed by atoms with Crippen LogP contribution in [0.15, 0.2) is 24.3 Å². The number of carbonyl (C=O) groups is 1. The third-order valence-corrected chi connectivity index (χ3v) is 4.10. The molecule has 2 atom stereocenters. The lowest BCUT2D eigenvalue weighted by molar-refractivity contribution is 0.0764. The number of rotatable bonds is 4. The summed E-state index contributed by atoms with van der Waals surface area (Å²) in [5, 5.41) is 0. The van der Waals surface area contributed by atoms with E-state index in [1.165, 1.54) is 6.42 Å². The fraction of sp³-hybridized carbons (Fsp3) is 0.562. The summed E-state index contributed by atoms with van der Waals surface area (Å²) in [5.41, 5.74) is 0.805. The summed E-state index contributed by atoms with van der Waals surface area (Å²) >= 11 is 0. The lowest BCUT2D eigenvalue weighted by atomic mass is 9.79. The van der Waals surface area contributed by atoms with E-state index < -0.39 is 0 Å². The topological polar surface area (TPSA) is 29.5 Å². The summed E-state index contributed by atoms with van der Waals surface area (Å²) in [6.45, 7) is 0. The van der Waals surface area contributed by atoms with Gasteiger partial charge in [-0.25, -0.2) is 0 Å². The quantitative estimate of drug-likeness (QED) is 0.780. The molecule has 1 aromatic rings. The number of Topliss-reactive ketones (excluding diaryl/α,β-unsaturated/α-hetero) is 1. The van der Waals surface area contributed by atoms with Crippen LogP contribution in [0.25, 0.3) is 0 Å². The number of hydrogen-bond donors (Lipinski definition) is 0. The van der Waals surface area contributed by atoms with E-state index in [-0.39, 0.29) is 11.7 Å². The van der Waals surface area contributed by atoms with E-state index in [1.807, 2.05) is 24.3 Å². The monoisotopic (exact) mass is 261 g/mol. The molecule has 1 saturated carbocycles. The number of methoxy groups -OCH3 is 1. The van der Waals surface area contributed by atoms with Gasteiger partial charge in [-0.3, -0.25) is 4.79 Å². The van der Waals surface area contributed by atoms with Gasteiger partial charge in [0, 0.05) is 17.5 Å². The van der Waals surface area contributed by atoms with E-state index in [0.717, 1.165) is 30.6 Å². The zero-order valence-corrected chi connectivity index (χ0v) is 12.1. The average Bonchev–Trinajstić information content (AvgIpc) is 2.46. The standard InChI is InChI=1S/C16H23NO2/c1-17(2)15-7-5-4-6-14(15)16(18)12-8-10-13(19-3)11-9-12/h8-11,14-15H,4-7H2,1-3H3/t14-,15-/m1/s1. The van der Waals surface area contributed by atoms with Gasteiger partial charge in [0.05, 0.1) is 7.11 Å². The Bertz CT molecular complexity index is 425. The number of benzene rings is 1. The van der Waals surface area contributed by atoms with Crippen molar-refractivity contribution < 1.29 is 9.53 Å². The van der Waals surface area contributed by atoms with E-state index in [4.69, 9.17) is 4.74 Å². The summed E-state index contributed by atoms with van der Waals surface area (Å²) < 4.78 is 5.13. The molecule has 19 heavy (non-hydrogen) atoms. The fourth-order valence-corrected chi connectivity index (χ4v) is 3.00. The smallest absolute Gasteiger partial charge is 0.167 e. The van der Waals surface area contributed by atoms with Crippen LogP contribution in [-0.2, 0) is 0 Å². The molecule has 0 bridgehead atoms. The van der Waals surface area contributed by atoms with Crippen LogP contribution in [-0.4, -0.2) is 37.9 Å². The molecule has 0 aliphatic heterocycles. The zero-order valence-electron chi connectivity index (χ0n) is 12.1. The van der Waals surface area contributed by atoms with E-state index in [9.17, 15) is 4.79 Å². The van der Waals surface area contributed by atoms with Gasteiger partial charge in [0.1, 0.15) is 5.75 Å². The largest absolute Gasteiger partial charge is 0.497 e. The molecule has 0 amide bonds. The van der Waals surface area contributed by atoms with Gasteiger partial charge in [0.25, 0.3) is 0 Å². The summed E-state index contributed by atoms with van der Waals surface area (Å²) in [6, 6.07) is 7.86. The Kier molecular flexibility index (Phi) is 4.59. The predicted molar refractivity (Wildman–Crippen MR) is 76.8 cm³/mol. The van der Waals surface area contributed by atoms with Gasteiger partial charge in [-0.05, 0) is 51.2 Å². The first-order chi connectivity index (χ1) is 9.13. The molecule has 0 unspecified atom stereocenters. The molecule has 3 nitrogen and oxygen atoms in total. The van der Waals surface area contributed by atoms with Crippen LogP contribution in [0.3, 0.4) is 0 Å². The van der Waals surface area contributed by atoms with Crippen molar-refractivity contribution in [1.82, 2.24) is 4.90 Å². The number of ether oxygens (including phenoxy) is 1. The van der Waals surface area contributed by atoms with E-state index in [0.29, 0.717) is 6.04 Å². The Morgan fingerprint density at radius 3 is 2.37 bits per heavy atom. The zero-order chi connectivity index (χ0) is 13.8. The summed E-state index contributed by atoms with van der Waals surface area (Å²) in [7, 11) is 5.79. The lowest BCUT2D eigenvalue weighted by Crippen LogP contribution is -2.41. The summed E-state index contributed by atoms with van der Waals surface area (Å²) in [5.74, 6) is 1.21. The molecule has 1 fully saturated rings. The van der Waals surface area contributed by atoms with Crippen LogP contribution in [0, 0.1) is 5.92 Å². The van der Waals surface area contributed by atoms with Crippen molar-refractivity contribution in [3.8, 4) is 5.75 Å². The van der Waals surface area contributed by atoms with E-state index >= 15 is 0 Å². The second-order valence-corrected chi connectivity index (χ2v) is 5.51. The van der Waals surface area contributed by atoms with Gasteiger partial charge in [0.15, 0.2) is 5.78 Å². The highest BCUT2D eigenvalue weighted by Crippen LogP contribution is 2.30. The maximum atomic E-state index is 12.6. The van der Waals surface area contributed by atoms with Crippen molar-refractivity contribution in [3.63, 3.8) is 0 Å². The molecule has 0 spiro atoms. The minimum atomic E-state index is 0.136. The van der Waals surface area contributed by atoms with Crippen molar-refractivity contribution in [2.75, 3.05) is 21.2 Å². The van der Waals surface area contributed by atoms with Gasteiger partial charge in [0.2, 0.25) is 0 Å². The first-order valence-corrected chi connectivity index (χ1v) is 6.98. The van der Waals surface area contributed by atoms with Gasteiger partial charge in [-0.2, -0.15) is 0 Å². The highest BCUT2D eigenvalue weighted by atomic mass is 16.5. The predicted octanol–water partition coefficient (Wildman–Crippen LogP) is 3.00. The van der Waals surface area contributed by atoms with Crippen LogP contribution in [0.4, 0.5) is 0 Å². The molecular weight excluding hydrogens is 238 g/mol. The van der Waals surface area contributed by atoms with Crippen LogP contribution in [0.2, 0.25) is 0 Å². The maximum absolute atomic E-state index is 12.6. The van der Waals surface area contributed by atoms with Crippen LogP contribution >= 0.6 is 0 Å². The summed E-state index contributed by atoms with van der Waals surface area (Å²) in [6.07, 6.45) is 4.53. The molecule has 0 saturated heterocycles. The van der Waals surface area contributed by atoms with Crippen molar-refractivity contribution in [3.05, 3.63) is 29.8 Å². The van der Waals surface area contributed by atoms with Crippen molar-refractivity contribution >= 4 is 5.78 Å². The third kappa shape index (κ3) is 3.16. The molecule has 0 N–H and O–H groups in total. The van der Waals surface area contributed by atoms with Crippen LogP contribution < -0.4 is 4.74 Å². The molecule has 0 aromatic heterocycles. The Balaban J connectivity index is 2.16. The highest BCUT2D eigenvalue weighted by molar-refractivity contribution is 5.98. The van der Waals surface area contributed by atoms with Crippen LogP contribution in [0.1, 0.15) is 36.0 Å². The molecular formula is C16H23NO2. The van der Waals surface area contributed by atoms with Crippen molar-refractivity contribution in [2.45, 2.75) is 31.7 Å². The number of ketones is 1. The van der Waals surface area contributed by atoms with Crippen molar-refractivity contribution in [1.29, 1.82) is 0 Å². The average molecular weight is 261 g/mol. The van der Waals surface area contributed by atoms with Crippen LogP contribution in [0.5, 0.6) is 5.75 Å². The molecule has 3 heteroatoms. The van der Waals surface area contributed by atoms with E-state index in [1.54, 1.807) is 7.11 Å². The molecule has 0 radical (unpaired) electrons. The summed E-state index contributed by atoms with van der Waals surface area (Å²) in [4.78, 5) is 14.8. The maximum Gasteiger partial charge on any atom is 0.167 e. The molecule has 104 valence electrons. The highest BCUT2D eigenvalue weighted by Gasteiger charge is 2.32. The van der Waals surface area contributed by atoms with Gasteiger partial charge >= 0.3 is 0 Å². The molecule has 2 rings (SSSR count). The number of nitrogens with zero attached hydrogens (tertiary/aromatic N) is 1. The SMILES string of the molecule is COc1ccc(C(=O)[C@@H]2CCCC[C@H]2N(C)C)cc1. The minimum Gasteiger partial charge on any atom is -0.497 e. The fourth-order valence-electron chi connectivity index (χ4n) is 3.00. The minimum absolute atomic E-state index is 0.136. The Labute approximate surface area is 115 Å².